The molecule has 1 heterocycles. The van der Waals surface area contributed by atoms with E-state index in [1.807, 2.05) is 0 Å². The maximum Gasteiger partial charge on any atom is 0.193 e. The highest BCUT2D eigenvalue weighted by atomic mass is 32.2. The Kier molecular flexibility index (Phi) is 6.29. The second-order valence-corrected chi connectivity index (χ2v) is 7.70. The third-order valence-electron chi connectivity index (χ3n) is 3.65. The average molecular weight is 366 g/mol. The quantitative estimate of drug-likeness (QED) is 0.730. The molecule has 6 heteroatoms. The standard InChI is InChI=1S/C18H23NO3S2/c1-11(2)19(12(3)4)18(23)24-10-14-9-16(20)15-8-13(21-5)6-7-17(15)22-14/h6-9,11-12H,10H2,1-5H3. The van der Waals surface area contributed by atoms with E-state index in [9.17, 15) is 4.79 Å². The molecular formula is C18H23NO3S2. The lowest BCUT2D eigenvalue weighted by atomic mass is 10.2. The zero-order valence-electron chi connectivity index (χ0n) is 14.7. The molecule has 0 spiro atoms. The van der Waals surface area contributed by atoms with Crippen LogP contribution < -0.4 is 10.2 Å². The zero-order chi connectivity index (χ0) is 17.9. The highest BCUT2D eigenvalue weighted by Crippen LogP contribution is 2.23. The molecule has 130 valence electrons. The lowest BCUT2D eigenvalue weighted by molar-refractivity contribution is 0.303. The van der Waals surface area contributed by atoms with Crippen LogP contribution in [0.15, 0.2) is 33.5 Å². The van der Waals surface area contributed by atoms with Crippen molar-refractivity contribution in [2.24, 2.45) is 0 Å². The first-order valence-corrected chi connectivity index (χ1v) is 9.28. The van der Waals surface area contributed by atoms with Gasteiger partial charge < -0.3 is 14.1 Å². The van der Waals surface area contributed by atoms with Crippen LogP contribution in [0.5, 0.6) is 5.75 Å². The number of rotatable bonds is 5. The number of benzene rings is 1. The second-order valence-electron chi connectivity index (χ2n) is 6.09. The Morgan fingerprint density at radius 3 is 2.50 bits per heavy atom. The minimum absolute atomic E-state index is 0.0683. The van der Waals surface area contributed by atoms with Gasteiger partial charge in [0.1, 0.15) is 21.4 Å². The summed E-state index contributed by atoms with van der Waals surface area (Å²) in [5.41, 5.74) is 0.496. The van der Waals surface area contributed by atoms with E-state index in [0.29, 0.717) is 40.3 Å². The number of thioether (sulfide) groups is 1. The van der Waals surface area contributed by atoms with E-state index < -0.39 is 0 Å². The molecule has 1 aromatic carbocycles. The first kappa shape index (κ1) is 18.8. The predicted octanol–water partition coefficient (Wildman–Crippen LogP) is 4.44. The van der Waals surface area contributed by atoms with Crippen molar-refractivity contribution >= 4 is 39.3 Å². The molecule has 0 N–H and O–H groups in total. The van der Waals surface area contributed by atoms with Crippen LogP contribution in [0.25, 0.3) is 11.0 Å². The van der Waals surface area contributed by atoms with Gasteiger partial charge in [-0.15, -0.1) is 0 Å². The largest absolute Gasteiger partial charge is 0.497 e. The Morgan fingerprint density at radius 1 is 1.25 bits per heavy atom. The van der Waals surface area contributed by atoms with Gasteiger partial charge in [0.25, 0.3) is 0 Å². The summed E-state index contributed by atoms with van der Waals surface area (Å²) >= 11 is 7.06. The Bertz CT molecular complexity index is 775. The molecule has 2 rings (SSSR count). The second kappa shape index (κ2) is 8.03. The molecule has 0 unspecified atom stereocenters. The first-order valence-electron chi connectivity index (χ1n) is 7.89. The minimum Gasteiger partial charge on any atom is -0.497 e. The number of ether oxygens (including phenoxy) is 1. The van der Waals surface area contributed by atoms with Crippen LogP contribution in [0.2, 0.25) is 0 Å². The van der Waals surface area contributed by atoms with Gasteiger partial charge in [-0.05, 0) is 45.9 Å². The number of hydrogen-bond acceptors (Lipinski definition) is 5. The fourth-order valence-electron chi connectivity index (χ4n) is 2.61. The Hall–Kier alpha value is -1.53. The third kappa shape index (κ3) is 4.30. The van der Waals surface area contributed by atoms with Crippen molar-refractivity contribution in [2.75, 3.05) is 7.11 Å². The van der Waals surface area contributed by atoms with E-state index in [1.165, 1.54) is 17.8 Å². The van der Waals surface area contributed by atoms with Gasteiger partial charge >= 0.3 is 0 Å². The Morgan fingerprint density at radius 2 is 1.92 bits per heavy atom. The lowest BCUT2D eigenvalue weighted by Gasteiger charge is -2.32. The van der Waals surface area contributed by atoms with Crippen LogP contribution in [0.4, 0.5) is 0 Å². The third-order valence-corrected chi connectivity index (χ3v) is 5.10. The smallest absolute Gasteiger partial charge is 0.193 e. The van der Waals surface area contributed by atoms with E-state index in [0.717, 1.165) is 4.32 Å². The van der Waals surface area contributed by atoms with Crippen molar-refractivity contribution in [3.63, 3.8) is 0 Å². The molecule has 0 saturated heterocycles. The van der Waals surface area contributed by atoms with Crippen molar-refractivity contribution < 1.29 is 9.15 Å². The summed E-state index contributed by atoms with van der Waals surface area (Å²) in [5.74, 6) is 1.80. The Balaban J connectivity index is 2.19. The van der Waals surface area contributed by atoms with Gasteiger partial charge in [-0.3, -0.25) is 4.79 Å². The van der Waals surface area contributed by atoms with E-state index in [4.69, 9.17) is 21.4 Å². The first-order chi connectivity index (χ1) is 11.3. The molecule has 24 heavy (non-hydrogen) atoms. The topological polar surface area (TPSA) is 42.7 Å². The lowest BCUT2D eigenvalue weighted by Crippen LogP contribution is -2.39. The number of thiocarbonyl (C=S) groups is 1. The molecule has 0 saturated carbocycles. The van der Waals surface area contributed by atoms with E-state index in [1.54, 1.807) is 25.3 Å². The van der Waals surface area contributed by atoms with Crippen LogP contribution in [0.1, 0.15) is 33.5 Å². The van der Waals surface area contributed by atoms with Crippen molar-refractivity contribution in [1.29, 1.82) is 0 Å². The predicted molar refractivity (Wildman–Crippen MR) is 105 cm³/mol. The van der Waals surface area contributed by atoms with Crippen LogP contribution in [0, 0.1) is 0 Å². The molecule has 0 bridgehead atoms. The van der Waals surface area contributed by atoms with Crippen molar-refractivity contribution in [2.45, 2.75) is 45.5 Å². The van der Waals surface area contributed by atoms with Gasteiger partial charge in [0, 0.05) is 18.2 Å². The maximum atomic E-state index is 12.3. The number of fused-ring (bicyclic) bond motifs is 1. The van der Waals surface area contributed by atoms with Gasteiger partial charge in [-0.1, -0.05) is 24.0 Å². The van der Waals surface area contributed by atoms with Crippen LogP contribution in [0.3, 0.4) is 0 Å². The van der Waals surface area contributed by atoms with Crippen LogP contribution in [-0.4, -0.2) is 28.4 Å². The van der Waals surface area contributed by atoms with Crippen molar-refractivity contribution in [3.05, 3.63) is 40.2 Å². The minimum atomic E-state index is -0.0683. The highest BCUT2D eigenvalue weighted by molar-refractivity contribution is 8.22. The fraction of sp³-hybridized carbons (Fsp3) is 0.444. The van der Waals surface area contributed by atoms with E-state index in [2.05, 4.69) is 32.6 Å². The molecule has 2 aromatic rings. The molecule has 0 amide bonds. The van der Waals surface area contributed by atoms with Crippen molar-refractivity contribution in [1.82, 2.24) is 4.90 Å². The highest BCUT2D eigenvalue weighted by Gasteiger charge is 2.17. The van der Waals surface area contributed by atoms with E-state index in [-0.39, 0.29) is 5.43 Å². The summed E-state index contributed by atoms with van der Waals surface area (Å²) < 4.78 is 11.8. The van der Waals surface area contributed by atoms with Gasteiger partial charge in [-0.2, -0.15) is 0 Å². The molecule has 0 aliphatic carbocycles. The molecule has 0 aliphatic heterocycles. The molecule has 0 fully saturated rings. The molecule has 0 radical (unpaired) electrons. The zero-order valence-corrected chi connectivity index (χ0v) is 16.3. The maximum absolute atomic E-state index is 12.3. The summed E-state index contributed by atoms with van der Waals surface area (Å²) in [7, 11) is 1.57. The van der Waals surface area contributed by atoms with Gasteiger partial charge in [0.2, 0.25) is 0 Å². The summed E-state index contributed by atoms with van der Waals surface area (Å²) in [6, 6.07) is 7.44. The van der Waals surface area contributed by atoms with Crippen LogP contribution in [-0.2, 0) is 5.75 Å². The summed E-state index contributed by atoms with van der Waals surface area (Å²) in [4.78, 5) is 14.5. The van der Waals surface area contributed by atoms with Gasteiger partial charge in [-0.25, -0.2) is 0 Å². The normalized spacial score (nSPS) is 11.3. The summed E-state index contributed by atoms with van der Waals surface area (Å²) in [6.07, 6.45) is 0. The summed E-state index contributed by atoms with van der Waals surface area (Å²) in [6.45, 7) is 8.49. The SMILES string of the molecule is COc1ccc2oc(CSC(=S)N(C(C)C)C(C)C)cc(=O)c2c1. The number of hydrogen-bond donors (Lipinski definition) is 0. The van der Waals surface area contributed by atoms with Crippen molar-refractivity contribution in [3.8, 4) is 5.75 Å². The monoisotopic (exact) mass is 365 g/mol. The number of methoxy groups -OCH3 is 1. The number of nitrogens with zero attached hydrogens (tertiary/aromatic N) is 1. The molecule has 0 atom stereocenters. The Labute approximate surface area is 152 Å². The average Bonchev–Trinajstić information content (AvgIpc) is 2.52. The molecule has 0 aliphatic rings. The van der Waals surface area contributed by atoms with Crippen LogP contribution >= 0.6 is 24.0 Å². The molecular weight excluding hydrogens is 342 g/mol. The van der Waals surface area contributed by atoms with Gasteiger partial charge in [0.05, 0.1) is 18.2 Å². The fourth-order valence-corrected chi connectivity index (χ4v) is 4.19. The van der Waals surface area contributed by atoms with E-state index >= 15 is 0 Å². The molecule has 1 aromatic heterocycles. The summed E-state index contributed by atoms with van der Waals surface area (Å²) in [5, 5.41) is 0.525. The molecule has 4 nitrogen and oxygen atoms in total. The van der Waals surface area contributed by atoms with Gasteiger partial charge in [0.15, 0.2) is 5.43 Å².